The number of carbonyl (C=O) groups is 2. The van der Waals surface area contributed by atoms with Crippen LogP contribution in [0.3, 0.4) is 0 Å². The number of hydrogen-bond donors (Lipinski definition) is 1. The molecule has 2 amide bonds. The Labute approximate surface area is 186 Å². The van der Waals surface area contributed by atoms with Gasteiger partial charge in [0.15, 0.2) is 0 Å². The largest absolute Gasteiger partial charge is 0.444 e. The monoisotopic (exact) mass is 438 g/mol. The van der Waals surface area contributed by atoms with Gasteiger partial charge in [-0.05, 0) is 50.6 Å². The lowest BCUT2D eigenvalue weighted by Gasteiger charge is -2.24. The van der Waals surface area contributed by atoms with Crippen molar-refractivity contribution in [3.8, 4) is 11.3 Å². The maximum atomic E-state index is 13.4. The molecule has 2 aromatic carbocycles. The Kier molecular flexibility index (Phi) is 6.92. The van der Waals surface area contributed by atoms with E-state index in [1.807, 2.05) is 30.3 Å². The lowest BCUT2D eigenvalue weighted by molar-refractivity contribution is -0.117. The molecule has 3 aromatic rings. The normalized spacial score (nSPS) is 11.2. The number of rotatable bonds is 6. The Morgan fingerprint density at radius 1 is 1.09 bits per heavy atom. The summed E-state index contributed by atoms with van der Waals surface area (Å²) in [7, 11) is 1.50. The molecule has 32 heavy (non-hydrogen) atoms. The average molecular weight is 439 g/mol. The molecule has 0 atom stereocenters. The molecule has 0 unspecified atom stereocenters. The maximum absolute atomic E-state index is 13.4. The summed E-state index contributed by atoms with van der Waals surface area (Å²) in [4.78, 5) is 30.6. The van der Waals surface area contributed by atoms with Crippen molar-refractivity contribution in [3.63, 3.8) is 0 Å². The molecule has 0 aliphatic carbocycles. The summed E-state index contributed by atoms with van der Waals surface area (Å²) in [6.07, 6.45) is 1.03. The zero-order chi connectivity index (χ0) is 23.3. The van der Waals surface area contributed by atoms with Gasteiger partial charge in [0.25, 0.3) is 0 Å². The van der Waals surface area contributed by atoms with Gasteiger partial charge in [0.05, 0.1) is 12.9 Å². The van der Waals surface area contributed by atoms with Gasteiger partial charge < -0.3 is 19.5 Å². The van der Waals surface area contributed by atoms with E-state index in [4.69, 9.17) is 4.74 Å². The van der Waals surface area contributed by atoms with E-state index in [0.29, 0.717) is 23.6 Å². The van der Waals surface area contributed by atoms with E-state index < -0.39 is 17.6 Å². The van der Waals surface area contributed by atoms with Crippen molar-refractivity contribution < 1.29 is 18.7 Å². The van der Waals surface area contributed by atoms with Crippen molar-refractivity contribution in [2.75, 3.05) is 18.9 Å². The predicted octanol–water partition coefficient (Wildman–Crippen LogP) is 4.54. The fourth-order valence-corrected chi connectivity index (χ4v) is 3.02. The summed E-state index contributed by atoms with van der Waals surface area (Å²) in [5, 5.41) is 2.86. The van der Waals surface area contributed by atoms with Gasteiger partial charge in [-0.1, -0.05) is 30.3 Å². The molecule has 168 valence electrons. The number of ether oxygens (including phenoxy) is 1. The van der Waals surface area contributed by atoms with Crippen molar-refractivity contribution in [1.82, 2.24) is 14.5 Å². The first-order valence-corrected chi connectivity index (χ1v) is 10.2. The summed E-state index contributed by atoms with van der Waals surface area (Å²) in [6.45, 7) is 5.56. The number of halogens is 1. The number of benzene rings is 2. The summed E-state index contributed by atoms with van der Waals surface area (Å²) in [5.74, 6) is -0.304. The summed E-state index contributed by atoms with van der Waals surface area (Å²) < 4.78 is 20.5. The summed E-state index contributed by atoms with van der Waals surface area (Å²) >= 11 is 0. The number of aromatic nitrogens is 2. The molecule has 8 heteroatoms. The molecular weight excluding hydrogens is 411 g/mol. The molecule has 1 N–H and O–H groups in total. The molecule has 0 bridgehead atoms. The van der Waals surface area contributed by atoms with E-state index in [9.17, 15) is 14.0 Å². The summed E-state index contributed by atoms with van der Waals surface area (Å²) in [5.41, 5.74) is 1.53. The van der Waals surface area contributed by atoms with E-state index >= 15 is 0 Å². The lowest BCUT2D eigenvalue weighted by atomic mass is 10.1. The standard InChI is InChI=1S/C24H27FN4O3/c1-24(2,3)32-23(31)28(4)15-20(30)27-22-21(18-10-12-19(25)13-11-18)26-16-29(22)14-17-8-6-5-7-9-17/h5-13,16H,14-15H2,1-4H3,(H,27,30). The quantitative estimate of drug-likeness (QED) is 0.613. The van der Waals surface area contributed by atoms with Crippen LogP contribution in [0.25, 0.3) is 11.3 Å². The second-order valence-electron chi connectivity index (χ2n) is 8.45. The SMILES string of the molecule is CN(CC(=O)Nc1c(-c2ccc(F)cc2)ncn1Cc1ccccc1)C(=O)OC(C)(C)C. The first-order valence-electron chi connectivity index (χ1n) is 10.2. The number of nitrogens with zero attached hydrogens (tertiary/aromatic N) is 3. The molecule has 0 saturated carbocycles. The van der Waals surface area contributed by atoms with Crippen LogP contribution in [0.5, 0.6) is 0 Å². The summed E-state index contributed by atoms with van der Waals surface area (Å²) in [6, 6.07) is 15.6. The minimum absolute atomic E-state index is 0.200. The van der Waals surface area contributed by atoms with Crippen molar-refractivity contribution in [2.24, 2.45) is 0 Å². The highest BCUT2D eigenvalue weighted by Crippen LogP contribution is 2.28. The highest BCUT2D eigenvalue weighted by Gasteiger charge is 2.22. The maximum Gasteiger partial charge on any atom is 0.410 e. The predicted molar refractivity (Wildman–Crippen MR) is 121 cm³/mol. The van der Waals surface area contributed by atoms with Gasteiger partial charge >= 0.3 is 6.09 Å². The zero-order valence-corrected chi connectivity index (χ0v) is 18.6. The third-order valence-electron chi connectivity index (χ3n) is 4.49. The van der Waals surface area contributed by atoms with Crippen molar-refractivity contribution in [3.05, 3.63) is 72.3 Å². The average Bonchev–Trinajstić information content (AvgIpc) is 3.10. The molecule has 0 aliphatic rings. The Morgan fingerprint density at radius 2 is 1.75 bits per heavy atom. The molecule has 7 nitrogen and oxygen atoms in total. The Morgan fingerprint density at radius 3 is 2.38 bits per heavy atom. The van der Waals surface area contributed by atoms with Crippen LogP contribution in [0.1, 0.15) is 26.3 Å². The van der Waals surface area contributed by atoms with Gasteiger partial charge in [-0.25, -0.2) is 14.2 Å². The highest BCUT2D eigenvalue weighted by molar-refractivity contribution is 5.96. The van der Waals surface area contributed by atoms with Crippen LogP contribution in [0.4, 0.5) is 15.0 Å². The van der Waals surface area contributed by atoms with Crippen LogP contribution < -0.4 is 5.32 Å². The van der Waals surface area contributed by atoms with Crippen LogP contribution in [0.2, 0.25) is 0 Å². The molecule has 3 rings (SSSR count). The van der Waals surface area contributed by atoms with Crippen molar-refractivity contribution in [2.45, 2.75) is 32.9 Å². The number of likely N-dealkylation sites (N-methyl/N-ethyl adjacent to an activating group) is 1. The number of anilines is 1. The third-order valence-corrected chi connectivity index (χ3v) is 4.49. The third kappa shape index (κ3) is 6.16. The van der Waals surface area contributed by atoms with Gasteiger partial charge in [0.2, 0.25) is 5.91 Å². The second-order valence-corrected chi connectivity index (χ2v) is 8.45. The van der Waals surface area contributed by atoms with Gasteiger partial charge in [0.1, 0.15) is 29.5 Å². The first kappa shape index (κ1) is 23.0. The van der Waals surface area contributed by atoms with Crippen LogP contribution in [0, 0.1) is 5.82 Å². The van der Waals surface area contributed by atoms with Crippen LogP contribution in [-0.4, -0.2) is 45.6 Å². The minimum atomic E-state index is -0.661. The smallest absolute Gasteiger partial charge is 0.410 e. The molecule has 1 aromatic heterocycles. The lowest BCUT2D eigenvalue weighted by Crippen LogP contribution is -2.39. The number of amides is 2. The Hall–Kier alpha value is -3.68. The van der Waals surface area contributed by atoms with E-state index in [-0.39, 0.29) is 12.4 Å². The number of nitrogens with one attached hydrogen (secondary N) is 1. The van der Waals surface area contributed by atoms with Crippen LogP contribution >= 0.6 is 0 Å². The van der Waals surface area contributed by atoms with Crippen molar-refractivity contribution >= 4 is 17.8 Å². The van der Waals surface area contributed by atoms with Gasteiger partial charge in [0, 0.05) is 12.6 Å². The van der Waals surface area contributed by atoms with E-state index in [0.717, 1.165) is 5.56 Å². The van der Waals surface area contributed by atoms with Gasteiger partial charge in [-0.15, -0.1) is 0 Å². The number of imidazole rings is 1. The van der Waals surface area contributed by atoms with E-state index in [1.165, 1.54) is 24.1 Å². The fourth-order valence-electron chi connectivity index (χ4n) is 3.02. The Bertz CT molecular complexity index is 1070. The molecule has 0 fully saturated rings. The Balaban J connectivity index is 1.83. The first-order chi connectivity index (χ1) is 15.1. The van der Waals surface area contributed by atoms with Gasteiger partial charge in [-0.2, -0.15) is 0 Å². The molecule has 0 spiro atoms. The number of hydrogen-bond acceptors (Lipinski definition) is 4. The fraction of sp³-hybridized carbons (Fsp3) is 0.292. The van der Waals surface area contributed by atoms with E-state index in [2.05, 4.69) is 10.3 Å². The molecular formula is C24H27FN4O3. The van der Waals surface area contributed by atoms with Crippen molar-refractivity contribution in [1.29, 1.82) is 0 Å². The molecule has 0 radical (unpaired) electrons. The molecule has 0 aliphatic heterocycles. The van der Waals surface area contributed by atoms with Crippen LogP contribution in [-0.2, 0) is 16.1 Å². The second kappa shape index (κ2) is 9.64. The molecule has 1 heterocycles. The molecule has 0 saturated heterocycles. The van der Waals surface area contributed by atoms with Crippen LogP contribution in [0.15, 0.2) is 60.9 Å². The number of carbonyl (C=O) groups excluding carboxylic acids is 2. The topological polar surface area (TPSA) is 76.5 Å². The minimum Gasteiger partial charge on any atom is -0.444 e. The van der Waals surface area contributed by atoms with Gasteiger partial charge in [-0.3, -0.25) is 4.79 Å². The zero-order valence-electron chi connectivity index (χ0n) is 18.6. The van der Waals surface area contributed by atoms with E-state index in [1.54, 1.807) is 43.8 Å². The highest BCUT2D eigenvalue weighted by atomic mass is 19.1.